The van der Waals surface area contributed by atoms with Crippen molar-refractivity contribution in [3.63, 3.8) is 0 Å². The summed E-state index contributed by atoms with van der Waals surface area (Å²) >= 11 is 7.46. The van der Waals surface area contributed by atoms with Crippen LogP contribution in [0.25, 0.3) is 0 Å². The van der Waals surface area contributed by atoms with Crippen molar-refractivity contribution in [3.8, 4) is 0 Å². The van der Waals surface area contributed by atoms with E-state index in [4.69, 9.17) is 30.5 Å². The Balaban J connectivity index is 1.70. The molecular weight excluding hydrogens is 528 g/mol. The van der Waals surface area contributed by atoms with Crippen molar-refractivity contribution in [2.45, 2.75) is 89.2 Å². The van der Waals surface area contributed by atoms with Crippen LogP contribution in [-0.4, -0.2) is 65.4 Å². The summed E-state index contributed by atoms with van der Waals surface area (Å²) in [6.07, 6.45) is 5.29. The molecule has 0 radical (unpaired) electrons. The Morgan fingerprint density at radius 2 is 1.82 bits per heavy atom. The Bertz CT molecular complexity index is 1080. The molecule has 0 aromatic heterocycles. The molecule has 216 valence electrons. The molecular formula is C29H39ClO9. The van der Waals surface area contributed by atoms with Gasteiger partial charge in [0.25, 0.3) is 0 Å². The van der Waals surface area contributed by atoms with Crippen molar-refractivity contribution in [2.24, 2.45) is 22.7 Å². The van der Waals surface area contributed by atoms with Gasteiger partial charge < -0.3 is 24.1 Å². The van der Waals surface area contributed by atoms with Gasteiger partial charge in [0.2, 0.25) is 5.78 Å². The number of aliphatic hydroxyl groups is 1. The predicted octanol–water partition coefficient (Wildman–Crippen LogP) is 5.06. The van der Waals surface area contributed by atoms with E-state index in [1.807, 2.05) is 20.8 Å². The zero-order valence-corrected chi connectivity index (χ0v) is 23.9. The number of aliphatic hydroxyl groups excluding tert-OH is 1. The second kappa shape index (κ2) is 10.9. The van der Waals surface area contributed by atoms with Crippen LogP contribution in [0.3, 0.4) is 0 Å². The number of ether oxygens (including phenoxy) is 4. The second-order valence-corrected chi connectivity index (χ2v) is 12.2. The zero-order valence-electron chi connectivity index (χ0n) is 23.1. The number of halogens is 1. The summed E-state index contributed by atoms with van der Waals surface area (Å²) < 4.78 is 21.0. The molecule has 0 spiro atoms. The Morgan fingerprint density at radius 3 is 2.51 bits per heavy atom. The molecule has 0 heterocycles. The van der Waals surface area contributed by atoms with Crippen molar-refractivity contribution in [2.75, 3.05) is 19.8 Å². The fourth-order valence-electron chi connectivity index (χ4n) is 7.75. The summed E-state index contributed by atoms with van der Waals surface area (Å²) in [6, 6.07) is 0. The third-order valence-electron chi connectivity index (χ3n) is 9.77. The molecule has 0 aromatic rings. The van der Waals surface area contributed by atoms with Crippen molar-refractivity contribution >= 4 is 35.5 Å². The summed E-state index contributed by atoms with van der Waals surface area (Å²) in [6.45, 7) is 6.96. The lowest BCUT2D eigenvalue weighted by atomic mass is 9.45. The van der Waals surface area contributed by atoms with E-state index in [1.54, 1.807) is 19.1 Å². The average Bonchev–Trinajstić information content (AvgIpc) is 3.16. The largest absolute Gasteiger partial charge is 0.509 e. The van der Waals surface area contributed by atoms with Gasteiger partial charge in [-0.15, -0.1) is 11.6 Å². The molecule has 0 aromatic carbocycles. The molecule has 0 saturated heterocycles. The molecule has 0 bridgehead atoms. The Hall–Kier alpha value is -2.39. The van der Waals surface area contributed by atoms with Gasteiger partial charge in [-0.25, -0.2) is 9.59 Å². The number of carbonyl (C=O) groups is 4. The number of unbranched alkanes of at least 4 members (excludes halogenated alkanes) is 1. The van der Waals surface area contributed by atoms with E-state index in [1.165, 1.54) is 6.08 Å². The summed E-state index contributed by atoms with van der Waals surface area (Å²) in [5.41, 5.74) is -2.57. The molecule has 1 N–H and O–H groups in total. The lowest BCUT2D eigenvalue weighted by Gasteiger charge is -2.63. The summed E-state index contributed by atoms with van der Waals surface area (Å²) in [7, 11) is 0. The maximum Gasteiger partial charge on any atom is 0.509 e. The minimum atomic E-state index is -1.69. The highest BCUT2D eigenvalue weighted by Crippen LogP contribution is 2.71. The van der Waals surface area contributed by atoms with Crippen LogP contribution in [0.15, 0.2) is 23.8 Å². The highest BCUT2D eigenvalue weighted by atomic mass is 35.5. The highest BCUT2D eigenvalue weighted by molar-refractivity contribution is 6.26. The first-order valence-electron chi connectivity index (χ1n) is 13.9. The number of fused-ring (bicyclic) bond motifs is 5. The smallest absolute Gasteiger partial charge is 0.435 e. The first kappa shape index (κ1) is 29.6. The number of Topliss-reactive ketones (excluding diaryl/α,β-unsaturated/α-hetero) is 1. The van der Waals surface area contributed by atoms with Crippen LogP contribution in [0.2, 0.25) is 0 Å². The standard InChI is InChI=1S/C29H39ClO9/c1-5-7-14-37-25(35)39-28(23(33)17-38-24(34)36-6-2)13-11-20-21-9-8-18-15-19(31)10-12-26(18,3)29(21,30)22(32)16-27(20,28)4/h10,12,15,20-22,32H,5-9,11,13-14,16-17H2,1-4H3/t20-,21-,22?,26-,27-,28-,29-/m0/s1. The lowest BCUT2D eigenvalue weighted by Crippen LogP contribution is -2.69. The van der Waals surface area contributed by atoms with Gasteiger partial charge in [0.05, 0.1) is 24.2 Å². The lowest BCUT2D eigenvalue weighted by molar-refractivity contribution is -0.179. The van der Waals surface area contributed by atoms with Crippen LogP contribution >= 0.6 is 11.6 Å². The van der Waals surface area contributed by atoms with E-state index >= 15 is 0 Å². The summed E-state index contributed by atoms with van der Waals surface area (Å²) in [5, 5.41) is 11.8. The van der Waals surface area contributed by atoms with Crippen molar-refractivity contribution < 1.29 is 43.2 Å². The van der Waals surface area contributed by atoms with Crippen LogP contribution in [0.1, 0.15) is 72.6 Å². The van der Waals surface area contributed by atoms with Crippen LogP contribution < -0.4 is 0 Å². The fourth-order valence-corrected chi connectivity index (χ4v) is 8.28. The molecule has 3 saturated carbocycles. The van der Waals surface area contributed by atoms with Crippen molar-refractivity contribution in [3.05, 3.63) is 23.8 Å². The molecule has 4 aliphatic carbocycles. The van der Waals surface area contributed by atoms with Gasteiger partial charge in [-0.2, -0.15) is 0 Å². The number of allylic oxidation sites excluding steroid dienone is 4. The minimum absolute atomic E-state index is 0.0652. The monoisotopic (exact) mass is 566 g/mol. The highest BCUT2D eigenvalue weighted by Gasteiger charge is 2.74. The van der Waals surface area contributed by atoms with E-state index in [2.05, 4.69) is 0 Å². The minimum Gasteiger partial charge on any atom is -0.435 e. The summed E-state index contributed by atoms with van der Waals surface area (Å²) in [4.78, 5) is 49.6. The van der Waals surface area contributed by atoms with Crippen LogP contribution in [-0.2, 0) is 28.5 Å². The second-order valence-electron chi connectivity index (χ2n) is 11.6. The van der Waals surface area contributed by atoms with Crippen LogP contribution in [0.5, 0.6) is 0 Å². The molecule has 4 aliphatic rings. The van der Waals surface area contributed by atoms with E-state index in [-0.39, 0.29) is 43.7 Å². The van der Waals surface area contributed by atoms with Gasteiger partial charge in [-0.05, 0) is 69.4 Å². The van der Waals surface area contributed by atoms with E-state index in [0.29, 0.717) is 25.7 Å². The molecule has 3 fully saturated rings. The van der Waals surface area contributed by atoms with Crippen molar-refractivity contribution in [1.29, 1.82) is 0 Å². The Kier molecular flexibility index (Phi) is 8.26. The Labute approximate surface area is 234 Å². The quantitative estimate of drug-likeness (QED) is 0.244. The maximum atomic E-state index is 13.8. The van der Waals surface area contributed by atoms with E-state index < -0.39 is 52.1 Å². The number of hydrogen-bond donors (Lipinski definition) is 1. The van der Waals surface area contributed by atoms with Crippen LogP contribution in [0.4, 0.5) is 9.59 Å². The number of carbonyl (C=O) groups excluding carboxylic acids is 4. The maximum absolute atomic E-state index is 13.8. The van der Waals surface area contributed by atoms with Gasteiger partial charge in [0.1, 0.15) is 0 Å². The van der Waals surface area contributed by atoms with Crippen molar-refractivity contribution in [1.82, 2.24) is 0 Å². The topological polar surface area (TPSA) is 125 Å². The van der Waals surface area contributed by atoms with Gasteiger partial charge in [0.15, 0.2) is 18.0 Å². The fraction of sp³-hybridized carbons (Fsp3) is 0.724. The molecule has 9 nitrogen and oxygen atoms in total. The third kappa shape index (κ3) is 4.59. The molecule has 4 rings (SSSR count). The van der Waals surface area contributed by atoms with Gasteiger partial charge in [-0.1, -0.05) is 38.8 Å². The van der Waals surface area contributed by atoms with E-state index in [9.17, 15) is 24.3 Å². The molecule has 7 atom stereocenters. The van der Waals surface area contributed by atoms with Gasteiger partial charge in [-0.3, -0.25) is 9.59 Å². The number of hydrogen-bond acceptors (Lipinski definition) is 9. The zero-order chi connectivity index (χ0) is 28.6. The number of alkyl halides is 1. The summed E-state index contributed by atoms with van der Waals surface area (Å²) in [5.74, 6) is -1.13. The number of ketones is 2. The Morgan fingerprint density at radius 1 is 1.08 bits per heavy atom. The predicted molar refractivity (Wildman–Crippen MR) is 141 cm³/mol. The molecule has 0 aliphatic heterocycles. The first-order valence-corrected chi connectivity index (χ1v) is 14.3. The normalized spacial score (nSPS) is 38.6. The van der Waals surface area contributed by atoms with E-state index in [0.717, 1.165) is 12.0 Å². The molecule has 0 amide bonds. The SMILES string of the molecule is CCCCOC(=O)O[C@]1(C(=O)COC(=O)OCC)CC[C@H]2[C@@H]3CCC4=CC(=O)C=C[C@]4(C)[C@@]3(Cl)C(O)C[C@@]21C. The number of rotatable bonds is 8. The molecule has 1 unspecified atom stereocenters. The molecule has 10 heteroatoms. The third-order valence-corrected chi connectivity index (χ3v) is 10.7. The van der Waals surface area contributed by atoms with Crippen LogP contribution in [0, 0.1) is 22.7 Å². The van der Waals surface area contributed by atoms with Gasteiger partial charge >= 0.3 is 12.3 Å². The average molecular weight is 567 g/mol. The molecule has 39 heavy (non-hydrogen) atoms. The first-order chi connectivity index (χ1) is 18.4. The van der Waals surface area contributed by atoms with Gasteiger partial charge in [0, 0.05) is 10.8 Å².